The molecule has 11 unspecified atom stereocenters. The van der Waals surface area contributed by atoms with Gasteiger partial charge >= 0.3 is 0 Å². The molecule has 0 aliphatic carbocycles. The summed E-state index contributed by atoms with van der Waals surface area (Å²) in [5, 5.41) is 106. The highest BCUT2D eigenvalue weighted by atomic mass is 16.7. The highest BCUT2D eigenvalue weighted by Crippen LogP contribution is 2.32. The second-order valence-corrected chi connectivity index (χ2v) is 15.5. The zero-order valence-corrected chi connectivity index (χ0v) is 32.6. The Kier molecular flexibility index (Phi) is 19.5. The van der Waals surface area contributed by atoms with Crippen LogP contribution in [0.25, 0.3) is 0 Å². The van der Waals surface area contributed by atoms with E-state index in [1.807, 2.05) is 6.92 Å². The van der Waals surface area contributed by atoms with Crippen LogP contribution in [0.2, 0.25) is 0 Å². The Bertz CT molecular complexity index is 1140. The normalized spacial score (nSPS) is 43.4. The van der Waals surface area contributed by atoms with E-state index >= 15 is 0 Å². The molecule has 19 atom stereocenters. The summed E-state index contributed by atoms with van der Waals surface area (Å²) in [4.78, 5) is 12.9. The minimum Gasteiger partial charge on any atom is -0.394 e. The molecule has 0 bridgehead atoms. The fraction of sp³-hybridized carbons (Fsp3) is 0.973. The van der Waals surface area contributed by atoms with E-state index in [4.69, 9.17) is 33.2 Å². The van der Waals surface area contributed by atoms with Crippen molar-refractivity contribution < 1.29 is 89.0 Å². The van der Waals surface area contributed by atoms with Gasteiger partial charge in [-0.15, -0.1) is 0 Å². The third kappa shape index (κ3) is 12.4. The van der Waals surface area contributed by atoms with Gasteiger partial charge in [0.15, 0.2) is 18.9 Å². The second-order valence-electron chi connectivity index (χ2n) is 15.5. The molecule has 0 aromatic rings. The number of nitrogens with one attached hydrogen (secondary N) is 1. The van der Waals surface area contributed by atoms with Gasteiger partial charge < -0.3 is 89.5 Å². The lowest BCUT2D eigenvalue weighted by Crippen LogP contribution is -2.67. The van der Waals surface area contributed by atoms with Gasteiger partial charge in [0.2, 0.25) is 5.91 Å². The lowest BCUT2D eigenvalue weighted by atomic mass is 9.92. The summed E-state index contributed by atoms with van der Waals surface area (Å²) in [7, 11) is 0. The minimum absolute atomic E-state index is 0.196. The average molecular weight is 814 g/mol. The number of rotatable bonds is 20. The number of amides is 1. The van der Waals surface area contributed by atoms with Crippen LogP contribution in [0, 0.1) is 0 Å². The van der Waals surface area contributed by atoms with E-state index in [1.54, 1.807) is 6.92 Å². The van der Waals surface area contributed by atoms with Crippen molar-refractivity contribution in [2.75, 3.05) is 19.8 Å². The van der Waals surface area contributed by atoms with Crippen molar-refractivity contribution in [3.63, 3.8) is 0 Å². The van der Waals surface area contributed by atoms with Gasteiger partial charge in [0.1, 0.15) is 73.2 Å². The third-order valence-electron chi connectivity index (χ3n) is 11.2. The molecule has 1 amide bonds. The number of hydrogen-bond donors (Lipinski definition) is 11. The summed E-state index contributed by atoms with van der Waals surface area (Å²) in [5.74, 6) is -0.337. The summed E-state index contributed by atoms with van der Waals surface area (Å²) >= 11 is 0. The first-order valence-electron chi connectivity index (χ1n) is 20.2. The highest BCUT2D eigenvalue weighted by Gasteiger charge is 2.51. The Hall–Kier alpha value is -1.21. The van der Waals surface area contributed by atoms with Crippen molar-refractivity contribution >= 4 is 5.91 Å². The fourth-order valence-corrected chi connectivity index (χ4v) is 7.66. The molecule has 11 N–H and O–H groups in total. The van der Waals surface area contributed by atoms with Gasteiger partial charge in [0, 0.05) is 13.0 Å². The van der Waals surface area contributed by atoms with E-state index in [2.05, 4.69) is 5.32 Å². The maximum absolute atomic E-state index is 12.9. The monoisotopic (exact) mass is 813 g/mol. The number of unbranched alkanes of at least 4 members (excludes halogenated alkanes) is 8. The molecule has 4 rings (SSSR count). The van der Waals surface area contributed by atoms with Gasteiger partial charge in [0.25, 0.3) is 0 Å². The molecular weight excluding hydrogens is 746 g/mol. The number of ether oxygens (including phenoxy) is 7. The molecule has 4 aliphatic heterocycles. The van der Waals surface area contributed by atoms with Crippen LogP contribution in [0.5, 0.6) is 0 Å². The molecule has 0 saturated carbocycles. The Balaban J connectivity index is 1.11. The predicted molar refractivity (Wildman–Crippen MR) is 192 cm³/mol. The summed E-state index contributed by atoms with van der Waals surface area (Å²) < 4.78 is 39.7. The van der Waals surface area contributed by atoms with Crippen molar-refractivity contribution in [2.24, 2.45) is 0 Å². The SMILES string of the molecule is CCC1O[C@@H](OCCCCCCCCCCCC(=O)N[C@H]2C(CO)O[C@@H](C)C(O[C@@H]3OC(C)[C@H](O[C@@H]4OC[C@@H](O)C(O)C4O)C(O)C3O)C2O)C(O)C(O)[C@H]1O. The van der Waals surface area contributed by atoms with Crippen LogP contribution < -0.4 is 5.32 Å². The van der Waals surface area contributed by atoms with Crippen LogP contribution in [-0.2, 0) is 38.0 Å². The number of aliphatic hydroxyl groups is 10. The van der Waals surface area contributed by atoms with Crippen LogP contribution in [-0.4, -0.2) is 193 Å². The molecule has 4 fully saturated rings. The molecule has 328 valence electrons. The van der Waals surface area contributed by atoms with Gasteiger partial charge in [-0.05, 0) is 33.1 Å². The van der Waals surface area contributed by atoms with Crippen molar-refractivity contribution in [3.8, 4) is 0 Å². The first kappa shape index (κ1) is 47.5. The van der Waals surface area contributed by atoms with E-state index in [9.17, 15) is 55.9 Å². The average Bonchev–Trinajstić information content (AvgIpc) is 3.17. The van der Waals surface area contributed by atoms with Gasteiger partial charge in [0.05, 0.1) is 37.6 Å². The predicted octanol–water partition coefficient (Wildman–Crippen LogP) is -2.58. The van der Waals surface area contributed by atoms with Crippen LogP contribution in [0.15, 0.2) is 0 Å². The van der Waals surface area contributed by atoms with Crippen molar-refractivity contribution in [2.45, 2.75) is 208 Å². The molecule has 0 radical (unpaired) electrons. The van der Waals surface area contributed by atoms with Gasteiger partial charge in [-0.2, -0.15) is 0 Å². The lowest BCUT2D eigenvalue weighted by Gasteiger charge is -2.48. The molecule has 0 aromatic carbocycles. The van der Waals surface area contributed by atoms with Crippen molar-refractivity contribution in [1.82, 2.24) is 5.32 Å². The van der Waals surface area contributed by atoms with Gasteiger partial charge in [-0.3, -0.25) is 4.79 Å². The first-order chi connectivity index (χ1) is 26.7. The smallest absolute Gasteiger partial charge is 0.220 e. The van der Waals surface area contributed by atoms with E-state index in [0.717, 1.165) is 51.4 Å². The molecule has 19 heteroatoms. The number of aliphatic hydroxyl groups excluding tert-OH is 10. The largest absolute Gasteiger partial charge is 0.394 e. The zero-order chi connectivity index (χ0) is 41.1. The molecular formula is C37H67NO18. The minimum atomic E-state index is -1.70. The fourth-order valence-electron chi connectivity index (χ4n) is 7.66. The van der Waals surface area contributed by atoms with Crippen LogP contribution in [0.4, 0.5) is 0 Å². The van der Waals surface area contributed by atoms with Crippen LogP contribution in [0.3, 0.4) is 0 Å². The maximum atomic E-state index is 12.9. The Labute approximate surface area is 327 Å². The third-order valence-corrected chi connectivity index (χ3v) is 11.2. The zero-order valence-electron chi connectivity index (χ0n) is 32.6. The molecule has 0 spiro atoms. The topological polar surface area (TPSA) is 296 Å². The van der Waals surface area contributed by atoms with E-state index in [0.29, 0.717) is 19.4 Å². The summed E-state index contributed by atoms with van der Waals surface area (Å²) in [6.07, 6.45) is -13.6. The quantitative estimate of drug-likeness (QED) is 0.0563. The summed E-state index contributed by atoms with van der Waals surface area (Å²) in [6.45, 7) is 4.49. The molecule has 4 aliphatic rings. The van der Waals surface area contributed by atoms with Crippen molar-refractivity contribution in [3.05, 3.63) is 0 Å². The number of carbonyl (C=O) groups is 1. The summed E-state index contributed by atoms with van der Waals surface area (Å²) in [5.41, 5.74) is 0. The van der Waals surface area contributed by atoms with E-state index in [-0.39, 0.29) is 18.9 Å². The number of carbonyl (C=O) groups excluding carboxylic acids is 1. The highest BCUT2D eigenvalue weighted by molar-refractivity contribution is 5.76. The van der Waals surface area contributed by atoms with Crippen molar-refractivity contribution in [1.29, 1.82) is 0 Å². The lowest BCUT2D eigenvalue weighted by molar-refractivity contribution is -0.358. The second kappa shape index (κ2) is 23.0. The van der Waals surface area contributed by atoms with Crippen LogP contribution in [0.1, 0.15) is 91.4 Å². The first-order valence-corrected chi connectivity index (χ1v) is 20.2. The maximum Gasteiger partial charge on any atom is 0.220 e. The molecule has 4 heterocycles. The van der Waals surface area contributed by atoms with Gasteiger partial charge in [-0.25, -0.2) is 0 Å². The van der Waals surface area contributed by atoms with Crippen LogP contribution >= 0.6 is 0 Å². The summed E-state index contributed by atoms with van der Waals surface area (Å²) in [6, 6.07) is -1.04. The molecule has 19 nitrogen and oxygen atoms in total. The van der Waals surface area contributed by atoms with E-state index in [1.165, 1.54) is 6.92 Å². The molecule has 4 saturated heterocycles. The standard InChI is InChI=1S/C37H67NO18/c1-4-21-26(43)28(45)31(48)35(54-21)50-15-13-11-9-7-5-6-8-10-12-14-23(41)38-24-22(16-39)52-18(2)33(27(24)44)56-37-32(49)29(46)34(19(3)53-37)55-36-30(47)25(42)20(40)17-51-36/h18-22,24-37,39-40,42-49H,4-17H2,1-3H3,(H,38,41)/t18-,19?,20+,21?,22?,24-,25?,26-,27?,28?,29?,30?,31?,32?,33?,34-,35+,36-,37-/m0/s1. The Morgan fingerprint density at radius 1 is 0.607 bits per heavy atom. The molecule has 0 aromatic heterocycles. The Morgan fingerprint density at radius 2 is 1.16 bits per heavy atom. The van der Waals surface area contributed by atoms with E-state index < -0.39 is 123 Å². The van der Waals surface area contributed by atoms with Gasteiger partial charge in [-0.1, -0.05) is 51.9 Å². The molecule has 56 heavy (non-hydrogen) atoms. The Morgan fingerprint density at radius 3 is 1.80 bits per heavy atom. The number of hydrogen-bond acceptors (Lipinski definition) is 18.